The third-order valence-electron chi connectivity index (χ3n) is 2.70. The highest BCUT2D eigenvalue weighted by atomic mass is 32.2. The molecule has 1 atom stereocenters. The highest BCUT2D eigenvalue weighted by Crippen LogP contribution is 2.26. The van der Waals surface area contributed by atoms with Gasteiger partial charge in [0.1, 0.15) is 0 Å². The molecule has 1 aliphatic rings. The molecule has 0 amide bonds. The van der Waals surface area contributed by atoms with Crippen LogP contribution in [0.1, 0.15) is 11.1 Å². The van der Waals surface area contributed by atoms with Gasteiger partial charge in [-0.15, -0.1) is 11.8 Å². The second-order valence-corrected chi connectivity index (χ2v) is 4.41. The van der Waals surface area contributed by atoms with E-state index >= 15 is 0 Å². The van der Waals surface area contributed by atoms with Crippen LogP contribution < -0.4 is 5.32 Å². The van der Waals surface area contributed by atoms with Crippen molar-refractivity contribution in [3.05, 3.63) is 29.3 Å². The summed E-state index contributed by atoms with van der Waals surface area (Å²) in [5.74, 6) is 0. The van der Waals surface area contributed by atoms with Gasteiger partial charge in [0.15, 0.2) is 0 Å². The summed E-state index contributed by atoms with van der Waals surface area (Å²) in [5, 5.41) is 12.4. The summed E-state index contributed by atoms with van der Waals surface area (Å²) >= 11 is 1.79. The summed E-state index contributed by atoms with van der Waals surface area (Å²) in [7, 11) is 0. The highest BCUT2D eigenvalue weighted by molar-refractivity contribution is 7.98. The van der Waals surface area contributed by atoms with Crippen molar-refractivity contribution in [3.63, 3.8) is 0 Å². The molecule has 0 aromatic heterocycles. The molecule has 0 saturated heterocycles. The Morgan fingerprint density at radius 2 is 2.43 bits per heavy atom. The van der Waals surface area contributed by atoms with Crippen molar-refractivity contribution in [1.29, 1.82) is 0 Å². The molecule has 0 fully saturated rings. The SMILES string of the molecule is CSc1cccc2c1CNC(CO)C2. The number of rotatable bonds is 2. The number of hydrogen-bond acceptors (Lipinski definition) is 3. The second kappa shape index (κ2) is 4.34. The van der Waals surface area contributed by atoms with Crippen molar-refractivity contribution in [2.45, 2.75) is 23.9 Å². The molecule has 2 rings (SSSR count). The minimum Gasteiger partial charge on any atom is -0.395 e. The Kier molecular flexibility index (Phi) is 3.11. The number of fused-ring (bicyclic) bond motifs is 1. The van der Waals surface area contributed by atoms with Crippen LogP contribution in [0.25, 0.3) is 0 Å². The second-order valence-electron chi connectivity index (χ2n) is 3.56. The number of thioether (sulfide) groups is 1. The maximum absolute atomic E-state index is 9.08. The van der Waals surface area contributed by atoms with Crippen LogP contribution >= 0.6 is 11.8 Å². The molecule has 1 aliphatic heterocycles. The van der Waals surface area contributed by atoms with Crippen molar-refractivity contribution in [3.8, 4) is 0 Å². The Bertz CT molecular complexity index is 327. The van der Waals surface area contributed by atoms with Gasteiger partial charge in [-0.25, -0.2) is 0 Å². The zero-order chi connectivity index (χ0) is 9.97. The van der Waals surface area contributed by atoms with Crippen LogP contribution in [-0.2, 0) is 13.0 Å². The van der Waals surface area contributed by atoms with Crippen LogP contribution in [0.4, 0.5) is 0 Å². The number of benzene rings is 1. The largest absolute Gasteiger partial charge is 0.395 e. The third-order valence-corrected chi connectivity index (χ3v) is 3.53. The van der Waals surface area contributed by atoms with E-state index in [2.05, 4.69) is 29.8 Å². The van der Waals surface area contributed by atoms with Crippen LogP contribution in [-0.4, -0.2) is 24.0 Å². The van der Waals surface area contributed by atoms with Crippen LogP contribution in [0.2, 0.25) is 0 Å². The fourth-order valence-electron chi connectivity index (χ4n) is 1.91. The maximum Gasteiger partial charge on any atom is 0.0587 e. The summed E-state index contributed by atoms with van der Waals surface area (Å²) in [6, 6.07) is 6.66. The minimum absolute atomic E-state index is 0.225. The van der Waals surface area contributed by atoms with Crippen LogP contribution in [0.15, 0.2) is 23.1 Å². The molecule has 0 saturated carbocycles. The summed E-state index contributed by atoms with van der Waals surface area (Å²) in [5.41, 5.74) is 2.79. The molecule has 1 aromatic carbocycles. The fraction of sp³-hybridized carbons (Fsp3) is 0.455. The normalized spacial score (nSPS) is 20.6. The average Bonchev–Trinajstić information content (AvgIpc) is 2.27. The lowest BCUT2D eigenvalue weighted by molar-refractivity contribution is 0.235. The Morgan fingerprint density at radius 1 is 1.57 bits per heavy atom. The van der Waals surface area contributed by atoms with Crippen molar-refractivity contribution in [2.24, 2.45) is 0 Å². The van der Waals surface area contributed by atoms with Crippen LogP contribution in [0.5, 0.6) is 0 Å². The van der Waals surface area contributed by atoms with Gasteiger partial charge in [0.25, 0.3) is 0 Å². The lowest BCUT2D eigenvalue weighted by atomic mass is 9.96. The Hall–Kier alpha value is -0.510. The topological polar surface area (TPSA) is 32.3 Å². The van der Waals surface area contributed by atoms with Gasteiger partial charge in [-0.3, -0.25) is 0 Å². The van der Waals surface area contributed by atoms with Crippen molar-refractivity contribution in [1.82, 2.24) is 5.32 Å². The van der Waals surface area contributed by atoms with E-state index < -0.39 is 0 Å². The van der Waals surface area contributed by atoms with Crippen molar-refractivity contribution >= 4 is 11.8 Å². The standard InChI is InChI=1S/C11H15NOS/c1-14-11-4-2-3-8-5-9(7-13)12-6-10(8)11/h2-4,9,12-13H,5-7H2,1H3. The predicted octanol–water partition coefficient (Wildman–Crippen LogP) is 1.42. The molecule has 76 valence electrons. The van der Waals surface area contributed by atoms with E-state index in [9.17, 15) is 0 Å². The zero-order valence-electron chi connectivity index (χ0n) is 8.29. The molecule has 2 nitrogen and oxygen atoms in total. The monoisotopic (exact) mass is 209 g/mol. The first kappa shape index (κ1) is 10.0. The Balaban J connectivity index is 2.30. The first-order valence-corrected chi connectivity index (χ1v) is 6.06. The average molecular weight is 209 g/mol. The van der Waals surface area contributed by atoms with E-state index in [0.717, 1.165) is 13.0 Å². The summed E-state index contributed by atoms with van der Waals surface area (Å²) < 4.78 is 0. The minimum atomic E-state index is 0.225. The fourth-order valence-corrected chi connectivity index (χ4v) is 2.57. The van der Waals surface area contributed by atoms with Gasteiger partial charge in [0.05, 0.1) is 6.61 Å². The summed E-state index contributed by atoms with van der Waals surface area (Å²) in [4.78, 5) is 1.35. The summed E-state index contributed by atoms with van der Waals surface area (Å²) in [6.07, 6.45) is 3.05. The van der Waals surface area contributed by atoms with Crippen LogP contribution in [0, 0.1) is 0 Å². The molecule has 0 radical (unpaired) electrons. The molecule has 0 aliphatic carbocycles. The third kappa shape index (κ3) is 1.80. The molecule has 3 heteroatoms. The first-order chi connectivity index (χ1) is 6.85. The van der Waals surface area contributed by atoms with Gasteiger partial charge >= 0.3 is 0 Å². The molecular weight excluding hydrogens is 194 g/mol. The number of aliphatic hydroxyl groups excluding tert-OH is 1. The number of hydrogen-bond donors (Lipinski definition) is 2. The van der Waals surface area contributed by atoms with Crippen LogP contribution in [0.3, 0.4) is 0 Å². The Labute approximate surface area is 88.7 Å². The Morgan fingerprint density at radius 3 is 3.14 bits per heavy atom. The number of nitrogens with one attached hydrogen (secondary N) is 1. The van der Waals surface area contributed by atoms with Gasteiger partial charge in [-0.05, 0) is 29.9 Å². The zero-order valence-corrected chi connectivity index (χ0v) is 9.10. The van der Waals surface area contributed by atoms with Gasteiger partial charge < -0.3 is 10.4 Å². The smallest absolute Gasteiger partial charge is 0.0587 e. The molecular formula is C11H15NOS. The van der Waals surface area contributed by atoms with Gasteiger partial charge in [0, 0.05) is 17.5 Å². The van der Waals surface area contributed by atoms with Crippen molar-refractivity contribution < 1.29 is 5.11 Å². The summed E-state index contributed by atoms with van der Waals surface area (Å²) in [6.45, 7) is 1.11. The lowest BCUT2D eigenvalue weighted by Crippen LogP contribution is -2.38. The molecule has 1 heterocycles. The van der Waals surface area contributed by atoms with E-state index in [1.807, 2.05) is 0 Å². The van der Waals surface area contributed by atoms with Gasteiger partial charge in [0.2, 0.25) is 0 Å². The van der Waals surface area contributed by atoms with Gasteiger partial charge in [-0.2, -0.15) is 0 Å². The molecule has 2 N–H and O–H groups in total. The van der Waals surface area contributed by atoms with E-state index in [-0.39, 0.29) is 12.6 Å². The number of aliphatic hydroxyl groups is 1. The molecule has 1 unspecified atom stereocenters. The molecule has 14 heavy (non-hydrogen) atoms. The van der Waals surface area contributed by atoms with Gasteiger partial charge in [-0.1, -0.05) is 12.1 Å². The molecule has 0 spiro atoms. The molecule has 0 bridgehead atoms. The molecule has 1 aromatic rings. The van der Waals surface area contributed by atoms with Crippen molar-refractivity contribution in [2.75, 3.05) is 12.9 Å². The quantitative estimate of drug-likeness (QED) is 0.722. The predicted molar refractivity (Wildman–Crippen MR) is 59.6 cm³/mol. The van der Waals surface area contributed by atoms with E-state index in [1.165, 1.54) is 16.0 Å². The maximum atomic E-state index is 9.08. The van der Waals surface area contributed by atoms with E-state index in [1.54, 1.807) is 11.8 Å². The first-order valence-electron chi connectivity index (χ1n) is 4.84. The van der Waals surface area contributed by atoms with E-state index in [0.29, 0.717) is 0 Å². The van der Waals surface area contributed by atoms with E-state index in [4.69, 9.17) is 5.11 Å². The highest BCUT2D eigenvalue weighted by Gasteiger charge is 2.18. The lowest BCUT2D eigenvalue weighted by Gasteiger charge is -2.26.